The van der Waals surface area contributed by atoms with E-state index in [1.54, 1.807) is 12.3 Å². The monoisotopic (exact) mass is 427 g/mol. The largest absolute Gasteiger partial charge is 0.396 e. The molecule has 4 heterocycles. The number of rotatable bonds is 3. The van der Waals surface area contributed by atoms with E-state index >= 15 is 0 Å². The summed E-state index contributed by atoms with van der Waals surface area (Å²) < 4.78 is 41.5. The zero-order valence-electron chi connectivity index (χ0n) is 15.3. The minimum absolute atomic E-state index is 0.194. The first-order valence-electron chi connectivity index (χ1n) is 9.02. The zero-order valence-corrected chi connectivity index (χ0v) is 16.1. The van der Waals surface area contributed by atoms with Gasteiger partial charge in [0, 0.05) is 29.5 Å². The number of benzene rings is 1. The maximum Gasteiger partial charge on any atom is 0.396 e. The molecule has 150 valence electrons. The van der Waals surface area contributed by atoms with Crippen LogP contribution in [0.4, 0.5) is 13.2 Å². The number of aromatic nitrogens is 5. The van der Waals surface area contributed by atoms with Gasteiger partial charge in [0.2, 0.25) is 0 Å². The molecule has 0 spiro atoms. The normalized spacial score (nSPS) is 12.1. The minimum atomic E-state index is -4.38. The summed E-state index contributed by atoms with van der Waals surface area (Å²) in [5.74, 6) is 0.606. The van der Waals surface area contributed by atoms with Crippen molar-refractivity contribution in [2.45, 2.75) is 12.6 Å². The van der Waals surface area contributed by atoms with Crippen LogP contribution in [0.5, 0.6) is 0 Å². The van der Waals surface area contributed by atoms with Crippen LogP contribution in [0.15, 0.2) is 67.1 Å². The SMILES string of the molecule is FC(F)(F)Cc1nnc2c(Cl)c(-c3ccc4c(ccn4-c4ccccn4)c3)ccn12. The quantitative estimate of drug-likeness (QED) is 0.382. The summed E-state index contributed by atoms with van der Waals surface area (Å²) in [6.07, 6.45) is -0.364. The van der Waals surface area contributed by atoms with Gasteiger partial charge in [0.25, 0.3) is 0 Å². The van der Waals surface area contributed by atoms with Crippen molar-refractivity contribution in [2.24, 2.45) is 0 Å². The molecule has 5 rings (SSSR count). The van der Waals surface area contributed by atoms with Gasteiger partial charge in [0.1, 0.15) is 18.1 Å². The highest BCUT2D eigenvalue weighted by Crippen LogP contribution is 2.34. The van der Waals surface area contributed by atoms with Crippen molar-refractivity contribution in [2.75, 3.05) is 0 Å². The number of hydrogen-bond acceptors (Lipinski definition) is 3. The summed E-state index contributed by atoms with van der Waals surface area (Å²) in [5, 5.41) is 8.76. The van der Waals surface area contributed by atoms with Crippen molar-refractivity contribution in [3.8, 4) is 16.9 Å². The molecule has 5 nitrogen and oxygen atoms in total. The molecule has 30 heavy (non-hydrogen) atoms. The molecule has 9 heteroatoms. The van der Waals surface area contributed by atoms with E-state index in [1.807, 2.05) is 53.2 Å². The summed E-state index contributed by atoms with van der Waals surface area (Å²) in [5.41, 5.74) is 2.67. The molecule has 0 unspecified atom stereocenters. The van der Waals surface area contributed by atoms with Crippen molar-refractivity contribution >= 4 is 28.2 Å². The number of pyridine rings is 2. The topological polar surface area (TPSA) is 48.0 Å². The van der Waals surface area contributed by atoms with Crippen molar-refractivity contribution in [3.05, 3.63) is 78.0 Å². The fraction of sp³-hybridized carbons (Fsp3) is 0.0952. The highest BCUT2D eigenvalue weighted by Gasteiger charge is 2.31. The number of halogens is 4. The van der Waals surface area contributed by atoms with Gasteiger partial charge in [-0.2, -0.15) is 13.2 Å². The van der Waals surface area contributed by atoms with Crippen LogP contribution in [0.1, 0.15) is 5.82 Å². The Labute approximate surface area is 173 Å². The third-order valence-electron chi connectivity index (χ3n) is 4.85. The van der Waals surface area contributed by atoms with Gasteiger partial charge < -0.3 is 4.57 Å². The lowest BCUT2D eigenvalue weighted by Crippen LogP contribution is -2.14. The van der Waals surface area contributed by atoms with Crippen LogP contribution in [-0.4, -0.2) is 30.3 Å². The molecular formula is C21H13ClF3N5. The van der Waals surface area contributed by atoms with Crippen LogP contribution < -0.4 is 0 Å². The average Bonchev–Trinajstić information content (AvgIpc) is 3.32. The molecule has 5 aromatic rings. The highest BCUT2D eigenvalue weighted by atomic mass is 35.5. The summed E-state index contributed by atoms with van der Waals surface area (Å²) >= 11 is 6.49. The first-order valence-corrected chi connectivity index (χ1v) is 9.40. The molecule has 0 saturated carbocycles. The molecular weight excluding hydrogens is 415 g/mol. The Morgan fingerprint density at radius 2 is 1.83 bits per heavy atom. The van der Waals surface area contributed by atoms with Crippen LogP contribution >= 0.6 is 11.6 Å². The van der Waals surface area contributed by atoms with Crippen LogP contribution in [0.3, 0.4) is 0 Å². The van der Waals surface area contributed by atoms with E-state index in [4.69, 9.17) is 11.6 Å². The Morgan fingerprint density at radius 1 is 0.967 bits per heavy atom. The number of nitrogens with zero attached hydrogens (tertiary/aromatic N) is 5. The van der Waals surface area contributed by atoms with Gasteiger partial charge in [-0.3, -0.25) is 4.40 Å². The Hall–Kier alpha value is -3.39. The second-order valence-electron chi connectivity index (χ2n) is 6.79. The van der Waals surface area contributed by atoms with E-state index in [9.17, 15) is 13.2 Å². The van der Waals surface area contributed by atoms with Gasteiger partial charge in [-0.1, -0.05) is 23.7 Å². The number of alkyl halides is 3. The summed E-state index contributed by atoms with van der Waals surface area (Å²) in [6, 6.07) is 15.2. The maximum absolute atomic E-state index is 12.7. The summed E-state index contributed by atoms with van der Waals surface area (Å²) in [7, 11) is 0. The van der Waals surface area contributed by atoms with E-state index < -0.39 is 12.6 Å². The number of fused-ring (bicyclic) bond motifs is 2. The average molecular weight is 428 g/mol. The van der Waals surface area contributed by atoms with E-state index in [0.29, 0.717) is 5.56 Å². The fourth-order valence-electron chi connectivity index (χ4n) is 3.50. The Kier molecular flexibility index (Phi) is 4.25. The van der Waals surface area contributed by atoms with Gasteiger partial charge in [-0.25, -0.2) is 4.98 Å². The maximum atomic E-state index is 12.7. The van der Waals surface area contributed by atoms with Crippen LogP contribution in [0, 0.1) is 0 Å². The van der Waals surface area contributed by atoms with Gasteiger partial charge >= 0.3 is 6.18 Å². The second kappa shape index (κ2) is 6.84. The Bertz CT molecular complexity index is 1370. The van der Waals surface area contributed by atoms with Crippen molar-refractivity contribution in [1.82, 2.24) is 24.1 Å². The van der Waals surface area contributed by atoms with Crippen LogP contribution in [0.25, 0.3) is 33.5 Å². The lowest BCUT2D eigenvalue weighted by molar-refractivity contribution is -0.128. The van der Waals surface area contributed by atoms with E-state index in [-0.39, 0.29) is 16.5 Å². The third-order valence-corrected chi connectivity index (χ3v) is 5.22. The van der Waals surface area contributed by atoms with Gasteiger partial charge in [0.15, 0.2) is 5.65 Å². The fourth-order valence-corrected chi connectivity index (χ4v) is 3.80. The summed E-state index contributed by atoms with van der Waals surface area (Å²) in [4.78, 5) is 4.37. The van der Waals surface area contributed by atoms with Gasteiger partial charge in [-0.15, -0.1) is 10.2 Å². The van der Waals surface area contributed by atoms with Crippen LogP contribution in [0.2, 0.25) is 5.02 Å². The molecule has 0 saturated heterocycles. The first kappa shape index (κ1) is 18.6. The summed E-state index contributed by atoms with van der Waals surface area (Å²) in [6.45, 7) is 0. The molecule has 0 fully saturated rings. The Balaban J connectivity index is 1.58. The van der Waals surface area contributed by atoms with Crippen LogP contribution in [-0.2, 0) is 6.42 Å². The molecule has 0 amide bonds. The molecule has 1 aromatic carbocycles. The molecule has 0 radical (unpaired) electrons. The molecule has 0 bridgehead atoms. The molecule has 0 atom stereocenters. The minimum Gasteiger partial charge on any atom is -0.301 e. The standard InChI is InChI=1S/C21H13ClF3N5/c22-19-15(7-10-30-18(12-21(23,24)25)27-28-20(19)30)13-4-5-16-14(11-13)6-9-29(16)17-3-1-2-8-26-17/h1-11H,12H2. The molecule has 0 aliphatic rings. The van der Waals surface area contributed by atoms with E-state index in [1.165, 1.54) is 10.6 Å². The van der Waals surface area contributed by atoms with E-state index in [2.05, 4.69) is 15.2 Å². The predicted molar refractivity (Wildman–Crippen MR) is 108 cm³/mol. The third kappa shape index (κ3) is 3.19. The van der Waals surface area contributed by atoms with E-state index in [0.717, 1.165) is 22.3 Å². The zero-order chi connectivity index (χ0) is 20.9. The van der Waals surface area contributed by atoms with Crippen molar-refractivity contribution in [1.29, 1.82) is 0 Å². The van der Waals surface area contributed by atoms with Gasteiger partial charge in [-0.05, 0) is 42.0 Å². The molecule has 0 N–H and O–H groups in total. The smallest absolute Gasteiger partial charge is 0.301 e. The lowest BCUT2D eigenvalue weighted by atomic mass is 10.0. The number of hydrogen-bond donors (Lipinski definition) is 0. The first-order chi connectivity index (χ1) is 14.4. The molecule has 0 aliphatic carbocycles. The van der Waals surface area contributed by atoms with Crippen molar-refractivity contribution in [3.63, 3.8) is 0 Å². The highest BCUT2D eigenvalue weighted by molar-refractivity contribution is 6.36. The van der Waals surface area contributed by atoms with Gasteiger partial charge in [0.05, 0.1) is 10.5 Å². The molecule has 4 aromatic heterocycles. The lowest BCUT2D eigenvalue weighted by Gasteiger charge is -2.09. The predicted octanol–water partition coefficient (Wildman–Crippen LogP) is 5.49. The molecule has 0 aliphatic heterocycles. The van der Waals surface area contributed by atoms with Crippen molar-refractivity contribution < 1.29 is 13.2 Å². The second-order valence-corrected chi connectivity index (χ2v) is 7.17. The Morgan fingerprint density at radius 3 is 2.60 bits per heavy atom.